The summed E-state index contributed by atoms with van der Waals surface area (Å²) < 4.78 is 0. The predicted molar refractivity (Wildman–Crippen MR) is 152 cm³/mol. The molecule has 5 fully saturated rings. The van der Waals surface area contributed by atoms with Crippen molar-refractivity contribution in [1.82, 2.24) is 10.8 Å². The maximum absolute atomic E-state index is 13.1. The number of carbonyl (C=O) groups is 2. The van der Waals surface area contributed by atoms with Crippen LogP contribution in [0.15, 0.2) is 0 Å². The Labute approximate surface area is 232 Å². The highest BCUT2D eigenvalue weighted by Crippen LogP contribution is 2.77. The van der Waals surface area contributed by atoms with Gasteiger partial charge >= 0.3 is 0 Å². The molecule has 216 valence electrons. The zero-order chi connectivity index (χ0) is 27.9. The van der Waals surface area contributed by atoms with Crippen LogP contribution >= 0.6 is 0 Å². The van der Waals surface area contributed by atoms with E-state index < -0.39 is 0 Å². The standard InChI is InChI=1S/C33H56N2O3/c1-21(36)34-26-13-14-31(6)24(28(26,2)3)12-15-33(8)25(31)11-10-22-23-20-30(5,27(37)35-38-9)17-16-29(23,4)18-19-32(22,33)7/h22-26H,10-20H2,1-9H3,(H,34,36)(H,35,37)/t22-,23-,24?,25-,26+,29-,30+,31+,32-,33-/m1/s1. The first-order chi connectivity index (χ1) is 17.6. The molecule has 5 heteroatoms. The second-order valence-corrected chi connectivity index (χ2v) is 16.4. The van der Waals surface area contributed by atoms with Crippen LogP contribution in [-0.2, 0) is 14.4 Å². The molecule has 38 heavy (non-hydrogen) atoms. The van der Waals surface area contributed by atoms with Crippen molar-refractivity contribution in [2.45, 2.75) is 132 Å². The van der Waals surface area contributed by atoms with Crippen molar-refractivity contribution in [3.8, 4) is 0 Å². The maximum atomic E-state index is 13.1. The second kappa shape index (κ2) is 8.95. The van der Waals surface area contributed by atoms with E-state index in [9.17, 15) is 9.59 Å². The molecule has 0 aromatic rings. The Morgan fingerprint density at radius 2 is 1.42 bits per heavy atom. The number of fused-ring (bicyclic) bond motifs is 7. The zero-order valence-corrected chi connectivity index (χ0v) is 25.9. The molecule has 0 spiro atoms. The van der Waals surface area contributed by atoms with Crippen molar-refractivity contribution >= 4 is 11.8 Å². The van der Waals surface area contributed by atoms with Crippen LogP contribution in [0.3, 0.4) is 0 Å². The van der Waals surface area contributed by atoms with E-state index in [1.54, 1.807) is 14.0 Å². The molecule has 0 radical (unpaired) electrons. The Morgan fingerprint density at radius 3 is 2.08 bits per heavy atom. The second-order valence-electron chi connectivity index (χ2n) is 16.4. The Bertz CT molecular complexity index is 979. The van der Waals surface area contributed by atoms with Gasteiger partial charge in [0.2, 0.25) is 11.8 Å². The molecule has 2 N–H and O–H groups in total. The van der Waals surface area contributed by atoms with E-state index in [-0.39, 0.29) is 28.7 Å². The number of carbonyl (C=O) groups excluding carboxylic acids is 2. The summed E-state index contributed by atoms with van der Waals surface area (Å²) >= 11 is 0. The summed E-state index contributed by atoms with van der Waals surface area (Å²) in [6.45, 7) is 19.3. The fourth-order valence-corrected chi connectivity index (χ4v) is 12.1. The van der Waals surface area contributed by atoms with E-state index in [0.717, 1.165) is 31.6 Å². The van der Waals surface area contributed by atoms with Gasteiger partial charge in [0.05, 0.1) is 7.11 Å². The van der Waals surface area contributed by atoms with E-state index in [1.807, 2.05) is 0 Å². The first kappa shape index (κ1) is 28.4. The monoisotopic (exact) mass is 528 g/mol. The topological polar surface area (TPSA) is 67.4 Å². The van der Waals surface area contributed by atoms with Gasteiger partial charge in [-0.15, -0.1) is 0 Å². The number of amides is 2. The molecule has 2 amide bonds. The Balaban J connectivity index is 1.46. The van der Waals surface area contributed by atoms with Crippen LogP contribution in [0.4, 0.5) is 0 Å². The molecule has 5 saturated carbocycles. The largest absolute Gasteiger partial charge is 0.353 e. The summed E-state index contributed by atoms with van der Waals surface area (Å²) in [5.41, 5.74) is 3.76. The Morgan fingerprint density at radius 1 is 0.737 bits per heavy atom. The fourth-order valence-electron chi connectivity index (χ4n) is 12.1. The lowest BCUT2D eigenvalue weighted by Gasteiger charge is -2.73. The molecule has 0 heterocycles. The highest BCUT2D eigenvalue weighted by Gasteiger charge is 2.70. The van der Waals surface area contributed by atoms with E-state index in [2.05, 4.69) is 59.3 Å². The smallest absolute Gasteiger partial charge is 0.249 e. The van der Waals surface area contributed by atoms with Crippen LogP contribution in [0.25, 0.3) is 0 Å². The van der Waals surface area contributed by atoms with Gasteiger partial charge in [-0.1, -0.05) is 48.5 Å². The van der Waals surface area contributed by atoms with Gasteiger partial charge in [-0.25, -0.2) is 5.48 Å². The van der Waals surface area contributed by atoms with Crippen molar-refractivity contribution in [2.24, 2.45) is 56.2 Å². The van der Waals surface area contributed by atoms with Crippen LogP contribution in [0, 0.1) is 56.2 Å². The normalized spacial score (nSPS) is 51.4. The third kappa shape index (κ3) is 3.79. The number of hydrogen-bond donors (Lipinski definition) is 2. The van der Waals surface area contributed by atoms with Crippen LogP contribution in [0.5, 0.6) is 0 Å². The van der Waals surface area contributed by atoms with Crippen LogP contribution in [-0.4, -0.2) is 25.0 Å². The summed E-state index contributed by atoms with van der Waals surface area (Å²) in [5.74, 6) is 2.83. The molecule has 0 aromatic heterocycles. The van der Waals surface area contributed by atoms with E-state index >= 15 is 0 Å². The molecule has 5 rings (SSSR count). The Hall–Kier alpha value is -1.10. The molecular formula is C33H56N2O3. The first-order valence-corrected chi connectivity index (χ1v) is 15.7. The highest BCUT2D eigenvalue weighted by atomic mass is 16.6. The minimum Gasteiger partial charge on any atom is -0.353 e. The Kier molecular flexibility index (Phi) is 6.70. The molecule has 0 aliphatic heterocycles. The van der Waals surface area contributed by atoms with E-state index in [1.165, 1.54) is 44.9 Å². The number of rotatable bonds is 3. The lowest BCUT2D eigenvalue weighted by Crippen LogP contribution is -2.68. The van der Waals surface area contributed by atoms with Gasteiger partial charge in [0, 0.05) is 18.4 Å². The van der Waals surface area contributed by atoms with Crippen molar-refractivity contribution in [3.05, 3.63) is 0 Å². The molecule has 5 aliphatic carbocycles. The van der Waals surface area contributed by atoms with Crippen molar-refractivity contribution < 1.29 is 14.4 Å². The SMILES string of the molecule is CONC(=O)[C@@]1(C)CC[C@]2(C)CC[C@]3(C)[C@H](CC[C@@H]4[C@@]5(C)CC[C@H](NC(C)=O)C(C)(C)C5CC[C@]43C)[C@H]2C1. The average Bonchev–Trinajstić information content (AvgIpc) is 2.82. The molecular weight excluding hydrogens is 472 g/mol. The van der Waals surface area contributed by atoms with Gasteiger partial charge in [-0.3, -0.25) is 14.4 Å². The van der Waals surface area contributed by atoms with Gasteiger partial charge in [0.15, 0.2) is 0 Å². The quantitative estimate of drug-likeness (QED) is 0.386. The van der Waals surface area contributed by atoms with Crippen molar-refractivity contribution in [3.63, 3.8) is 0 Å². The van der Waals surface area contributed by atoms with Gasteiger partial charge in [0.25, 0.3) is 0 Å². The van der Waals surface area contributed by atoms with Crippen LogP contribution < -0.4 is 10.8 Å². The van der Waals surface area contributed by atoms with Gasteiger partial charge in [-0.05, 0) is 121 Å². The number of hydroxylamine groups is 1. The molecule has 5 aliphatic rings. The zero-order valence-electron chi connectivity index (χ0n) is 25.9. The van der Waals surface area contributed by atoms with Crippen molar-refractivity contribution in [2.75, 3.05) is 7.11 Å². The minimum absolute atomic E-state index is 0.0698. The van der Waals surface area contributed by atoms with Crippen LogP contribution in [0.1, 0.15) is 126 Å². The van der Waals surface area contributed by atoms with E-state index in [0.29, 0.717) is 39.4 Å². The summed E-state index contributed by atoms with van der Waals surface area (Å²) in [4.78, 5) is 30.2. The molecule has 1 unspecified atom stereocenters. The molecule has 5 nitrogen and oxygen atoms in total. The number of hydrogen-bond acceptors (Lipinski definition) is 3. The fraction of sp³-hybridized carbons (Fsp3) is 0.939. The number of nitrogens with one attached hydrogen (secondary N) is 2. The van der Waals surface area contributed by atoms with Gasteiger partial charge < -0.3 is 5.32 Å². The summed E-state index contributed by atoms with van der Waals surface area (Å²) in [7, 11) is 1.55. The summed E-state index contributed by atoms with van der Waals surface area (Å²) in [5, 5.41) is 3.34. The van der Waals surface area contributed by atoms with Gasteiger partial charge in [0.1, 0.15) is 0 Å². The minimum atomic E-state index is -0.341. The summed E-state index contributed by atoms with van der Waals surface area (Å²) in [6.07, 6.45) is 13.2. The van der Waals surface area contributed by atoms with E-state index in [4.69, 9.17) is 4.84 Å². The lowest BCUT2D eigenvalue weighted by atomic mass is 9.31. The average molecular weight is 529 g/mol. The molecule has 0 saturated heterocycles. The molecule has 0 aromatic carbocycles. The van der Waals surface area contributed by atoms with Crippen LogP contribution in [0.2, 0.25) is 0 Å². The maximum Gasteiger partial charge on any atom is 0.249 e. The predicted octanol–water partition coefficient (Wildman–Crippen LogP) is 7.05. The summed E-state index contributed by atoms with van der Waals surface area (Å²) in [6, 6.07) is 0.280. The van der Waals surface area contributed by atoms with Crippen molar-refractivity contribution in [1.29, 1.82) is 0 Å². The highest BCUT2D eigenvalue weighted by molar-refractivity contribution is 5.81. The lowest BCUT2D eigenvalue weighted by molar-refractivity contribution is -0.246. The molecule has 10 atom stereocenters. The third-order valence-electron chi connectivity index (χ3n) is 14.6. The first-order valence-electron chi connectivity index (χ1n) is 15.7. The molecule has 0 bridgehead atoms. The van der Waals surface area contributed by atoms with Gasteiger partial charge in [-0.2, -0.15) is 0 Å². The third-order valence-corrected chi connectivity index (χ3v) is 14.6.